The second-order valence-electron chi connectivity index (χ2n) is 5.15. The smallest absolute Gasteiger partial charge is 0.416 e. The number of carboxylic acids is 1. The van der Waals surface area contributed by atoms with Crippen molar-refractivity contribution in [3.8, 4) is 0 Å². The zero-order valence-corrected chi connectivity index (χ0v) is 13.4. The van der Waals surface area contributed by atoms with Crippen molar-refractivity contribution in [2.75, 3.05) is 42.6 Å². The van der Waals surface area contributed by atoms with Crippen LogP contribution in [0.5, 0.6) is 0 Å². The van der Waals surface area contributed by atoms with Crippen LogP contribution < -0.4 is 4.90 Å². The molecular weight excluding hydrogens is 347 g/mol. The van der Waals surface area contributed by atoms with Crippen molar-refractivity contribution < 1.29 is 27.9 Å². The number of carboxylic acid groups (broad SMARTS) is 1. The van der Waals surface area contributed by atoms with Gasteiger partial charge >= 0.3 is 12.1 Å². The fraction of sp³-hybridized carbons (Fsp3) is 0.500. The first-order valence-electron chi connectivity index (χ1n) is 7.13. The van der Waals surface area contributed by atoms with E-state index in [4.69, 9.17) is 5.11 Å². The van der Waals surface area contributed by atoms with Crippen LogP contribution in [0.2, 0.25) is 0 Å². The molecule has 0 unspecified atom stereocenters. The summed E-state index contributed by atoms with van der Waals surface area (Å²) in [5.41, 5.74) is -0.754. The van der Waals surface area contributed by atoms with Gasteiger partial charge in [0.2, 0.25) is 5.91 Å². The van der Waals surface area contributed by atoms with E-state index in [1.165, 1.54) is 0 Å². The van der Waals surface area contributed by atoms with Gasteiger partial charge in [-0.25, -0.2) is 4.98 Å². The van der Waals surface area contributed by atoms with E-state index >= 15 is 0 Å². The maximum absolute atomic E-state index is 12.7. The maximum Gasteiger partial charge on any atom is 0.416 e. The summed E-state index contributed by atoms with van der Waals surface area (Å²) >= 11 is 1.02. The third kappa shape index (κ3) is 5.02. The van der Waals surface area contributed by atoms with Gasteiger partial charge in [0.25, 0.3) is 0 Å². The van der Waals surface area contributed by atoms with Crippen molar-refractivity contribution in [3.63, 3.8) is 0 Å². The van der Waals surface area contributed by atoms with Crippen molar-refractivity contribution in [1.29, 1.82) is 0 Å². The summed E-state index contributed by atoms with van der Waals surface area (Å²) in [6, 6.07) is 1.92. The van der Waals surface area contributed by atoms with E-state index < -0.39 is 17.7 Å². The molecule has 0 saturated carbocycles. The van der Waals surface area contributed by atoms with Gasteiger partial charge in [0.15, 0.2) is 0 Å². The number of rotatable bonds is 5. The Bertz CT molecular complexity index is 604. The van der Waals surface area contributed by atoms with Gasteiger partial charge in [0.05, 0.1) is 17.1 Å². The van der Waals surface area contributed by atoms with Crippen LogP contribution in [-0.2, 0) is 15.8 Å². The number of aliphatic carboxylic acids is 1. The highest BCUT2D eigenvalue weighted by Crippen LogP contribution is 2.30. The van der Waals surface area contributed by atoms with Crippen LogP contribution in [0.4, 0.5) is 19.0 Å². The predicted octanol–water partition coefficient (Wildman–Crippen LogP) is 1.57. The van der Waals surface area contributed by atoms with E-state index in [0.29, 0.717) is 26.2 Å². The van der Waals surface area contributed by atoms with Crippen LogP contribution in [-0.4, -0.2) is 64.6 Å². The molecule has 132 valence electrons. The minimum atomic E-state index is -4.42. The van der Waals surface area contributed by atoms with Gasteiger partial charge < -0.3 is 14.9 Å². The van der Waals surface area contributed by atoms with Crippen LogP contribution >= 0.6 is 11.8 Å². The Labute approximate surface area is 140 Å². The van der Waals surface area contributed by atoms with E-state index in [0.717, 1.165) is 30.1 Å². The molecule has 1 aliphatic heterocycles. The number of amides is 1. The van der Waals surface area contributed by atoms with Gasteiger partial charge in [-0.15, -0.1) is 11.8 Å². The number of anilines is 1. The molecule has 2 rings (SSSR count). The first-order valence-corrected chi connectivity index (χ1v) is 8.28. The Hall–Kier alpha value is -1.97. The third-order valence-corrected chi connectivity index (χ3v) is 4.38. The summed E-state index contributed by atoms with van der Waals surface area (Å²) in [5, 5.41) is 8.54. The number of piperazine rings is 1. The average Bonchev–Trinajstić information content (AvgIpc) is 2.54. The molecule has 0 aliphatic carbocycles. The topological polar surface area (TPSA) is 73.7 Å². The summed E-state index contributed by atoms with van der Waals surface area (Å²) in [6.07, 6.45) is -3.30. The molecule has 10 heteroatoms. The Kier molecular flexibility index (Phi) is 5.92. The molecule has 0 bridgehead atoms. The monoisotopic (exact) mass is 363 g/mol. The first-order chi connectivity index (χ1) is 11.3. The van der Waals surface area contributed by atoms with E-state index in [2.05, 4.69) is 4.98 Å². The summed E-state index contributed by atoms with van der Waals surface area (Å²) in [7, 11) is 0. The summed E-state index contributed by atoms with van der Waals surface area (Å²) in [4.78, 5) is 29.6. The zero-order chi connectivity index (χ0) is 17.7. The highest BCUT2D eigenvalue weighted by Gasteiger charge is 2.31. The molecule has 1 aromatic heterocycles. The normalized spacial score (nSPS) is 15.5. The number of aromatic nitrogens is 1. The molecular formula is C14H16F3N3O3S. The minimum Gasteiger partial charge on any atom is -0.481 e. The molecule has 24 heavy (non-hydrogen) atoms. The van der Waals surface area contributed by atoms with E-state index in [9.17, 15) is 22.8 Å². The Morgan fingerprint density at radius 2 is 1.88 bits per heavy atom. The number of pyridine rings is 1. The highest BCUT2D eigenvalue weighted by molar-refractivity contribution is 8.00. The summed E-state index contributed by atoms with van der Waals surface area (Å²) in [6.45, 7) is 1.49. The molecule has 1 aromatic rings. The van der Waals surface area contributed by atoms with Crippen LogP contribution in [0, 0.1) is 0 Å². The average molecular weight is 363 g/mol. The predicted molar refractivity (Wildman–Crippen MR) is 83.0 cm³/mol. The molecule has 2 heterocycles. The van der Waals surface area contributed by atoms with Crippen molar-refractivity contribution in [2.24, 2.45) is 0 Å². The van der Waals surface area contributed by atoms with Gasteiger partial charge in [0.1, 0.15) is 5.82 Å². The number of carbonyl (C=O) groups is 2. The number of halogens is 3. The number of hydrogen-bond donors (Lipinski definition) is 1. The second kappa shape index (κ2) is 7.73. The standard InChI is InChI=1S/C14H16F3N3O3S/c15-14(16,17)10-1-2-18-11(7-10)19-3-5-20(6-4-19)12(21)8-24-9-13(22)23/h1-2,7H,3-6,8-9H2,(H,22,23). The third-order valence-electron chi connectivity index (χ3n) is 3.48. The highest BCUT2D eigenvalue weighted by atomic mass is 32.2. The molecule has 6 nitrogen and oxygen atoms in total. The molecule has 1 amide bonds. The lowest BCUT2D eigenvalue weighted by atomic mass is 10.2. The molecule has 1 saturated heterocycles. The van der Waals surface area contributed by atoms with Crippen LogP contribution in [0.15, 0.2) is 18.3 Å². The van der Waals surface area contributed by atoms with Crippen LogP contribution in [0.25, 0.3) is 0 Å². The number of carbonyl (C=O) groups excluding carboxylic acids is 1. The largest absolute Gasteiger partial charge is 0.481 e. The molecule has 1 N–H and O–H groups in total. The number of nitrogens with zero attached hydrogens (tertiary/aromatic N) is 3. The lowest BCUT2D eigenvalue weighted by molar-refractivity contribution is -0.137. The summed E-state index contributed by atoms with van der Waals surface area (Å²) in [5.74, 6) is -0.975. The molecule has 1 fully saturated rings. The van der Waals surface area contributed by atoms with Crippen molar-refractivity contribution in [3.05, 3.63) is 23.9 Å². The van der Waals surface area contributed by atoms with Crippen LogP contribution in [0.1, 0.15) is 5.56 Å². The lowest BCUT2D eigenvalue weighted by Crippen LogP contribution is -2.49. The van der Waals surface area contributed by atoms with Crippen molar-refractivity contribution in [1.82, 2.24) is 9.88 Å². The van der Waals surface area contributed by atoms with Crippen molar-refractivity contribution in [2.45, 2.75) is 6.18 Å². The maximum atomic E-state index is 12.7. The Balaban J connectivity index is 1.88. The van der Waals surface area contributed by atoms with Gasteiger partial charge in [-0.2, -0.15) is 13.2 Å². The molecule has 0 spiro atoms. The van der Waals surface area contributed by atoms with Gasteiger partial charge in [-0.05, 0) is 12.1 Å². The fourth-order valence-corrected chi connectivity index (χ4v) is 2.90. The lowest BCUT2D eigenvalue weighted by Gasteiger charge is -2.35. The Morgan fingerprint density at radius 1 is 1.21 bits per heavy atom. The minimum absolute atomic E-state index is 0.0775. The SMILES string of the molecule is O=C(O)CSCC(=O)N1CCN(c2cc(C(F)(F)F)ccn2)CC1. The van der Waals surface area contributed by atoms with Crippen molar-refractivity contribution >= 4 is 29.5 Å². The van der Waals surface area contributed by atoms with E-state index in [1.807, 2.05) is 0 Å². The van der Waals surface area contributed by atoms with E-state index in [1.54, 1.807) is 9.80 Å². The van der Waals surface area contributed by atoms with Gasteiger partial charge in [-0.1, -0.05) is 0 Å². The van der Waals surface area contributed by atoms with E-state index in [-0.39, 0.29) is 23.2 Å². The van der Waals surface area contributed by atoms with Crippen LogP contribution in [0.3, 0.4) is 0 Å². The second-order valence-corrected chi connectivity index (χ2v) is 6.14. The van der Waals surface area contributed by atoms with Gasteiger partial charge in [-0.3, -0.25) is 9.59 Å². The quantitative estimate of drug-likeness (QED) is 0.856. The molecule has 1 aliphatic rings. The number of alkyl halides is 3. The van der Waals surface area contributed by atoms with Gasteiger partial charge in [0, 0.05) is 32.4 Å². The molecule has 0 aromatic carbocycles. The molecule has 0 atom stereocenters. The molecule has 0 radical (unpaired) electrons. The fourth-order valence-electron chi connectivity index (χ4n) is 2.27. The number of hydrogen-bond acceptors (Lipinski definition) is 5. The zero-order valence-electron chi connectivity index (χ0n) is 12.6. The number of thioether (sulfide) groups is 1. The summed E-state index contributed by atoms with van der Waals surface area (Å²) < 4.78 is 38.2. The Morgan fingerprint density at radius 3 is 2.46 bits per heavy atom. The first kappa shape index (κ1) is 18.4.